The van der Waals surface area contributed by atoms with Gasteiger partial charge in [0.15, 0.2) is 0 Å². The highest BCUT2D eigenvalue weighted by Gasteiger charge is 2.25. The molecule has 0 saturated heterocycles. The summed E-state index contributed by atoms with van der Waals surface area (Å²) in [4.78, 5) is 13.4. The van der Waals surface area contributed by atoms with Crippen LogP contribution in [0, 0.1) is 0 Å². The number of fused-ring (bicyclic) bond motifs is 1. The number of hydrogen-bond acceptors (Lipinski definition) is 4. The Morgan fingerprint density at radius 2 is 2.15 bits per heavy atom. The number of aryl methyl sites for hydroxylation is 1. The zero-order chi connectivity index (χ0) is 14.9. The molecule has 0 atom stereocenters. The molecule has 3 N–H and O–H groups in total. The molecule has 0 unspecified atom stereocenters. The normalized spacial score (nSPS) is 15.0. The van der Waals surface area contributed by atoms with Gasteiger partial charge in [0.2, 0.25) is 15.9 Å². The molecule has 2 rings (SSSR count). The Kier molecular flexibility index (Phi) is 4.01. The first kappa shape index (κ1) is 14.8. The van der Waals surface area contributed by atoms with Crippen LogP contribution in [0.5, 0.6) is 0 Å². The first-order valence-corrected chi connectivity index (χ1v) is 8.05. The van der Waals surface area contributed by atoms with Crippen molar-refractivity contribution < 1.29 is 13.2 Å². The zero-order valence-corrected chi connectivity index (χ0v) is 12.5. The number of amides is 1. The summed E-state index contributed by atoms with van der Waals surface area (Å²) in [5.41, 5.74) is 7.77. The van der Waals surface area contributed by atoms with E-state index >= 15 is 0 Å². The van der Waals surface area contributed by atoms with Crippen molar-refractivity contribution in [2.75, 3.05) is 23.7 Å². The first-order valence-electron chi connectivity index (χ1n) is 6.57. The molecule has 6 nitrogen and oxygen atoms in total. The van der Waals surface area contributed by atoms with Crippen LogP contribution < -0.4 is 15.4 Å². The number of carbonyl (C=O) groups excluding carboxylic acids is 1. The largest absolute Gasteiger partial charge is 0.397 e. The number of carbonyl (C=O) groups is 1. The number of nitrogens with two attached hydrogens (primary N) is 1. The maximum absolute atomic E-state index is 12.0. The van der Waals surface area contributed by atoms with Gasteiger partial charge in [-0.05, 0) is 30.5 Å². The monoisotopic (exact) mass is 297 g/mol. The smallest absolute Gasteiger partial charge is 0.240 e. The average molecular weight is 297 g/mol. The molecule has 1 aromatic rings. The van der Waals surface area contributed by atoms with E-state index in [1.807, 2.05) is 0 Å². The van der Waals surface area contributed by atoms with Gasteiger partial charge in [0.25, 0.3) is 0 Å². The second-order valence-corrected chi connectivity index (χ2v) is 6.56. The molecule has 1 heterocycles. The minimum Gasteiger partial charge on any atom is -0.397 e. The topological polar surface area (TPSA) is 92.5 Å². The first-order chi connectivity index (χ1) is 9.36. The lowest BCUT2D eigenvalue weighted by atomic mass is 10.0. The quantitative estimate of drug-likeness (QED) is 0.810. The highest BCUT2D eigenvalue weighted by molar-refractivity contribution is 7.89. The van der Waals surface area contributed by atoms with E-state index in [2.05, 4.69) is 4.72 Å². The summed E-state index contributed by atoms with van der Waals surface area (Å²) >= 11 is 0. The van der Waals surface area contributed by atoms with Crippen LogP contribution in [0.15, 0.2) is 17.0 Å². The molecular formula is C13H19N3O3S. The number of anilines is 2. The van der Waals surface area contributed by atoms with E-state index in [0.717, 1.165) is 18.4 Å². The third-order valence-electron chi connectivity index (χ3n) is 3.31. The molecule has 1 aliphatic heterocycles. The molecule has 0 aromatic heterocycles. The van der Waals surface area contributed by atoms with E-state index in [-0.39, 0.29) is 10.8 Å². The third kappa shape index (κ3) is 2.64. The van der Waals surface area contributed by atoms with Crippen molar-refractivity contribution in [3.63, 3.8) is 0 Å². The fraction of sp³-hybridized carbons (Fsp3) is 0.462. The molecule has 110 valence electrons. The van der Waals surface area contributed by atoms with Crippen LogP contribution in [0.2, 0.25) is 0 Å². The summed E-state index contributed by atoms with van der Waals surface area (Å²) in [5.74, 6) is -0.0834. The van der Waals surface area contributed by atoms with Crippen molar-refractivity contribution in [3.8, 4) is 0 Å². The Morgan fingerprint density at radius 3 is 2.75 bits per heavy atom. The van der Waals surface area contributed by atoms with Gasteiger partial charge in [0, 0.05) is 20.0 Å². The molecule has 0 radical (unpaired) electrons. The van der Waals surface area contributed by atoms with Crippen molar-refractivity contribution in [1.29, 1.82) is 0 Å². The fourth-order valence-corrected chi connectivity index (χ4v) is 3.62. The van der Waals surface area contributed by atoms with Gasteiger partial charge in [-0.15, -0.1) is 0 Å². The van der Waals surface area contributed by atoms with Gasteiger partial charge in [-0.2, -0.15) is 0 Å². The summed E-state index contributed by atoms with van der Waals surface area (Å²) in [6, 6.07) is 3.02. The van der Waals surface area contributed by atoms with E-state index in [9.17, 15) is 13.2 Å². The van der Waals surface area contributed by atoms with E-state index < -0.39 is 10.0 Å². The second kappa shape index (κ2) is 5.41. The third-order valence-corrected chi connectivity index (χ3v) is 4.84. The van der Waals surface area contributed by atoms with Crippen molar-refractivity contribution in [3.05, 3.63) is 17.7 Å². The highest BCUT2D eigenvalue weighted by atomic mass is 32.2. The van der Waals surface area contributed by atoms with Gasteiger partial charge in [-0.1, -0.05) is 6.92 Å². The molecule has 20 heavy (non-hydrogen) atoms. The molecule has 0 spiro atoms. The Bertz CT molecular complexity index is 641. The number of sulfonamides is 1. The van der Waals surface area contributed by atoms with Gasteiger partial charge >= 0.3 is 0 Å². The summed E-state index contributed by atoms with van der Waals surface area (Å²) in [6.07, 6.45) is 1.52. The molecular weight excluding hydrogens is 278 g/mol. The van der Waals surface area contributed by atoms with Crippen molar-refractivity contribution in [2.24, 2.45) is 0 Å². The lowest BCUT2D eigenvalue weighted by Crippen LogP contribution is -2.34. The maximum Gasteiger partial charge on any atom is 0.240 e. The molecule has 0 fully saturated rings. The zero-order valence-electron chi connectivity index (χ0n) is 11.6. The van der Waals surface area contributed by atoms with Gasteiger partial charge in [-0.3, -0.25) is 4.79 Å². The molecule has 1 aromatic carbocycles. The number of nitrogens with zero attached hydrogens (tertiary/aromatic N) is 1. The molecule has 0 bridgehead atoms. The summed E-state index contributed by atoms with van der Waals surface area (Å²) in [6.45, 7) is 4.14. The molecule has 0 saturated carbocycles. The van der Waals surface area contributed by atoms with Crippen molar-refractivity contribution >= 4 is 27.3 Å². The van der Waals surface area contributed by atoms with Crippen LogP contribution in [0.3, 0.4) is 0 Å². The summed E-state index contributed by atoms with van der Waals surface area (Å²) < 4.78 is 26.5. The van der Waals surface area contributed by atoms with Crippen LogP contribution in [-0.2, 0) is 21.2 Å². The van der Waals surface area contributed by atoms with Crippen LogP contribution in [-0.4, -0.2) is 27.4 Å². The van der Waals surface area contributed by atoms with Gasteiger partial charge in [-0.25, -0.2) is 13.1 Å². The number of rotatable bonds is 3. The van der Waals surface area contributed by atoms with Gasteiger partial charge in [0.1, 0.15) is 0 Å². The lowest BCUT2D eigenvalue weighted by Gasteiger charge is -2.30. The van der Waals surface area contributed by atoms with E-state index in [4.69, 9.17) is 5.73 Å². The van der Waals surface area contributed by atoms with E-state index in [1.54, 1.807) is 17.9 Å². The molecule has 1 aliphatic rings. The Morgan fingerprint density at radius 1 is 1.45 bits per heavy atom. The van der Waals surface area contributed by atoms with Crippen LogP contribution in [0.1, 0.15) is 25.8 Å². The lowest BCUT2D eigenvalue weighted by molar-refractivity contribution is -0.116. The standard InChI is InChI=1S/C13H19N3O3S/c1-3-15-20(18,19)11-7-10-5-4-6-16(9(2)17)13(10)12(14)8-11/h7-8,15H,3-6,14H2,1-2H3. The van der Waals surface area contributed by atoms with Gasteiger partial charge < -0.3 is 10.6 Å². The van der Waals surface area contributed by atoms with E-state index in [1.165, 1.54) is 13.0 Å². The van der Waals surface area contributed by atoms with Crippen molar-refractivity contribution in [2.45, 2.75) is 31.6 Å². The summed E-state index contributed by atoms with van der Waals surface area (Å²) in [7, 11) is -3.54. The Balaban J connectivity index is 2.54. The Hall–Kier alpha value is -1.60. The number of nitrogen functional groups attached to an aromatic ring is 1. The predicted molar refractivity (Wildman–Crippen MR) is 78.1 cm³/mol. The maximum atomic E-state index is 12.0. The van der Waals surface area contributed by atoms with Crippen LogP contribution in [0.25, 0.3) is 0 Å². The molecule has 1 amide bonds. The average Bonchev–Trinajstić information content (AvgIpc) is 2.37. The SMILES string of the molecule is CCNS(=O)(=O)c1cc(N)c2c(c1)CCCN2C(C)=O. The summed E-state index contributed by atoms with van der Waals surface area (Å²) in [5, 5.41) is 0. The van der Waals surface area contributed by atoms with Crippen LogP contribution >= 0.6 is 0 Å². The van der Waals surface area contributed by atoms with E-state index in [0.29, 0.717) is 24.5 Å². The minimum absolute atomic E-state index is 0.0834. The van der Waals surface area contributed by atoms with Gasteiger partial charge in [0.05, 0.1) is 16.3 Å². The van der Waals surface area contributed by atoms with Crippen LogP contribution in [0.4, 0.5) is 11.4 Å². The number of benzene rings is 1. The predicted octanol–water partition coefficient (Wildman–Crippen LogP) is 0.866. The molecule has 7 heteroatoms. The number of nitrogens with one attached hydrogen (secondary N) is 1. The van der Waals surface area contributed by atoms with Crippen molar-refractivity contribution in [1.82, 2.24) is 4.72 Å². The fourth-order valence-electron chi connectivity index (χ4n) is 2.49. The molecule has 0 aliphatic carbocycles. The minimum atomic E-state index is -3.54. The Labute approximate surface area is 119 Å². The highest BCUT2D eigenvalue weighted by Crippen LogP contribution is 2.35. The number of hydrogen-bond donors (Lipinski definition) is 2. The second-order valence-electron chi connectivity index (χ2n) is 4.80.